The molecule has 88 valence electrons. The van der Waals surface area contributed by atoms with Crippen molar-refractivity contribution in [3.63, 3.8) is 0 Å². The monoisotopic (exact) mass is 272 g/mol. The van der Waals surface area contributed by atoms with Crippen LogP contribution in [0.15, 0.2) is 24.3 Å². The summed E-state index contributed by atoms with van der Waals surface area (Å²) in [5.74, 6) is 0.177. The van der Waals surface area contributed by atoms with Gasteiger partial charge in [-0.3, -0.25) is 9.79 Å². The van der Waals surface area contributed by atoms with Gasteiger partial charge in [-0.05, 0) is 23.1 Å². The van der Waals surface area contributed by atoms with Crippen LogP contribution >= 0.6 is 7.82 Å². The minimum atomic E-state index is -4.44. The zero-order chi connectivity index (χ0) is 11.7. The zero-order valence-electron chi connectivity index (χ0n) is 11.7. The molecule has 0 amide bonds. The van der Waals surface area contributed by atoms with Crippen LogP contribution in [0.1, 0.15) is 29.2 Å². The molecule has 2 N–H and O–H groups in total. The summed E-state index contributed by atoms with van der Waals surface area (Å²) >= 11 is 0. The summed E-state index contributed by atoms with van der Waals surface area (Å²) < 4.78 is 15.0. The maximum Gasteiger partial charge on any atom is 2.00 e. The molecule has 0 saturated carbocycles. The summed E-state index contributed by atoms with van der Waals surface area (Å²) in [5.41, 5.74) is 1.10. The van der Waals surface area contributed by atoms with Gasteiger partial charge in [0, 0.05) is 0 Å². The smallest absolute Gasteiger partial charge is 1.00 e. The first kappa shape index (κ1) is 16.4. The number of phosphoric acid groups is 1. The van der Waals surface area contributed by atoms with Gasteiger partial charge in [0.05, 0.1) is 0 Å². The molecule has 0 saturated heterocycles. The van der Waals surface area contributed by atoms with Crippen LogP contribution in [-0.2, 0) is 9.98 Å². The summed E-state index contributed by atoms with van der Waals surface area (Å²) in [4.78, 5) is 17.2. The van der Waals surface area contributed by atoms with Crippen molar-refractivity contribution in [2.45, 2.75) is 26.2 Å². The van der Waals surface area contributed by atoms with E-state index in [4.69, 9.17) is 9.79 Å². The fourth-order valence-corrected chi connectivity index (χ4v) is 1.55. The molecule has 16 heavy (non-hydrogen) atoms. The molecule has 0 aromatic heterocycles. The third kappa shape index (κ3) is 5.67. The molecule has 0 fully saturated rings. The Hall–Kier alpha value is 0.430. The number of benzene rings is 1. The normalized spacial score (nSPS) is 11.8. The third-order valence-electron chi connectivity index (χ3n) is 1.94. The molecule has 0 bridgehead atoms. The molecular formula is C10H17CaO4P. The van der Waals surface area contributed by atoms with Crippen molar-refractivity contribution in [2.24, 2.45) is 0 Å². The summed E-state index contributed by atoms with van der Waals surface area (Å²) in [6, 6.07) is 6.70. The summed E-state index contributed by atoms with van der Waals surface area (Å²) in [6.45, 7) is 6.18. The molecule has 1 rings (SSSR count). The van der Waals surface area contributed by atoms with Crippen LogP contribution < -0.4 is 4.52 Å². The second kappa shape index (κ2) is 5.85. The average molecular weight is 272 g/mol. The molecule has 0 spiro atoms. The quantitative estimate of drug-likeness (QED) is 0.640. The Kier molecular flexibility index (Phi) is 6.01. The first-order chi connectivity index (χ1) is 6.68. The number of hydrogen-bond donors (Lipinski definition) is 2. The van der Waals surface area contributed by atoms with E-state index in [2.05, 4.69) is 25.3 Å². The molecule has 0 aliphatic carbocycles. The van der Waals surface area contributed by atoms with Crippen molar-refractivity contribution in [1.29, 1.82) is 0 Å². The van der Waals surface area contributed by atoms with Crippen LogP contribution in [0.25, 0.3) is 0 Å². The predicted octanol–water partition coefficient (Wildman–Crippen LogP) is 2.30. The van der Waals surface area contributed by atoms with Gasteiger partial charge in [-0.15, -0.1) is 0 Å². The van der Waals surface area contributed by atoms with E-state index < -0.39 is 7.82 Å². The van der Waals surface area contributed by atoms with Gasteiger partial charge in [0.25, 0.3) is 0 Å². The summed E-state index contributed by atoms with van der Waals surface area (Å²) in [5, 5.41) is 0. The first-order valence-electron chi connectivity index (χ1n) is 4.54. The average Bonchev–Trinajstić information content (AvgIpc) is 2.00. The molecule has 4 nitrogen and oxygen atoms in total. The minimum Gasteiger partial charge on any atom is -1.00 e. The van der Waals surface area contributed by atoms with Gasteiger partial charge in [-0.1, -0.05) is 32.9 Å². The van der Waals surface area contributed by atoms with Gasteiger partial charge >= 0.3 is 45.6 Å². The van der Waals surface area contributed by atoms with Gasteiger partial charge in [-0.2, -0.15) is 0 Å². The Morgan fingerprint density at radius 2 is 1.62 bits per heavy atom. The summed E-state index contributed by atoms with van der Waals surface area (Å²) in [7, 11) is -4.44. The van der Waals surface area contributed by atoms with Crippen molar-refractivity contribution >= 4 is 45.6 Å². The molecular weight excluding hydrogens is 255 g/mol. The van der Waals surface area contributed by atoms with Crippen LogP contribution in [0.5, 0.6) is 5.75 Å². The van der Waals surface area contributed by atoms with Crippen LogP contribution in [0, 0.1) is 0 Å². The molecule has 0 heterocycles. The summed E-state index contributed by atoms with van der Waals surface area (Å²) in [6.07, 6.45) is 0. The molecule has 0 atom stereocenters. The number of phosphoric ester groups is 1. The van der Waals surface area contributed by atoms with Gasteiger partial charge < -0.3 is 7.38 Å². The Labute approximate surface area is 128 Å². The van der Waals surface area contributed by atoms with E-state index in [1.807, 2.05) is 0 Å². The second-order valence-corrected chi connectivity index (χ2v) is 5.52. The van der Waals surface area contributed by atoms with Crippen LogP contribution in [0.2, 0.25) is 0 Å². The van der Waals surface area contributed by atoms with Gasteiger partial charge in [0.15, 0.2) is 0 Å². The standard InChI is InChI=1S/C10H15O4P.Ca.2H/c1-10(2,3)8-4-6-9(7-5-8)14-15(11,12)13;;;/h4-7H,1-3H3,(H2,11,12,13);;;/q;+2;2*-1. The second-order valence-electron chi connectivity index (χ2n) is 4.36. The maximum absolute atomic E-state index is 10.6. The fraction of sp³-hybridized carbons (Fsp3) is 0.400. The topological polar surface area (TPSA) is 66.8 Å². The molecule has 1 aromatic carbocycles. The Morgan fingerprint density at radius 3 is 1.94 bits per heavy atom. The van der Waals surface area contributed by atoms with E-state index in [1.165, 1.54) is 0 Å². The van der Waals surface area contributed by atoms with E-state index in [0.29, 0.717) is 0 Å². The minimum absolute atomic E-state index is 0. The Bertz CT molecular complexity index is 386. The van der Waals surface area contributed by atoms with Crippen molar-refractivity contribution in [3.8, 4) is 5.75 Å². The van der Waals surface area contributed by atoms with Crippen LogP contribution in [-0.4, -0.2) is 47.5 Å². The van der Waals surface area contributed by atoms with Crippen LogP contribution in [0.3, 0.4) is 0 Å². The predicted molar refractivity (Wildman–Crippen MR) is 65.8 cm³/mol. The van der Waals surface area contributed by atoms with Crippen LogP contribution in [0.4, 0.5) is 0 Å². The molecule has 6 heteroatoms. The molecule has 0 aliphatic heterocycles. The largest absolute Gasteiger partial charge is 2.00 e. The van der Waals surface area contributed by atoms with E-state index >= 15 is 0 Å². The Morgan fingerprint density at radius 1 is 1.19 bits per heavy atom. The zero-order valence-corrected chi connectivity index (χ0v) is 12.8. The molecule has 1 aromatic rings. The van der Waals surface area contributed by atoms with Gasteiger partial charge in [0.1, 0.15) is 5.75 Å². The molecule has 0 radical (unpaired) electrons. The number of hydrogen-bond acceptors (Lipinski definition) is 2. The van der Waals surface area contributed by atoms with E-state index in [-0.39, 0.29) is 51.8 Å². The fourth-order valence-electron chi connectivity index (χ4n) is 1.15. The van der Waals surface area contributed by atoms with E-state index in [1.54, 1.807) is 24.3 Å². The van der Waals surface area contributed by atoms with Gasteiger partial charge in [0.2, 0.25) is 0 Å². The molecule has 0 aliphatic rings. The maximum atomic E-state index is 10.6. The van der Waals surface area contributed by atoms with Crippen molar-refractivity contribution < 1.29 is 21.7 Å². The number of rotatable bonds is 2. The third-order valence-corrected chi connectivity index (χ3v) is 2.39. The van der Waals surface area contributed by atoms with Crippen molar-refractivity contribution in [3.05, 3.63) is 29.8 Å². The van der Waals surface area contributed by atoms with Crippen molar-refractivity contribution in [2.75, 3.05) is 0 Å². The SMILES string of the molecule is CC(C)(C)c1ccc(OP(=O)(O)O)cc1.[Ca+2].[H-].[H-]. The van der Waals surface area contributed by atoms with Gasteiger partial charge in [-0.25, -0.2) is 4.57 Å². The van der Waals surface area contributed by atoms with E-state index in [9.17, 15) is 4.57 Å². The van der Waals surface area contributed by atoms with Crippen molar-refractivity contribution in [1.82, 2.24) is 0 Å². The first-order valence-corrected chi connectivity index (χ1v) is 6.07. The Balaban J connectivity index is -0.000000750. The van der Waals surface area contributed by atoms with E-state index in [0.717, 1.165) is 5.56 Å². The molecule has 0 unspecified atom stereocenters.